The molecule has 1 heterocycles. The van der Waals surface area contributed by atoms with Gasteiger partial charge in [-0.15, -0.1) is 10.2 Å². The van der Waals surface area contributed by atoms with Gasteiger partial charge in [-0.25, -0.2) is 0 Å². The molecule has 3 aromatic rings. The lowest BCUT2D eigenvalue weighted by atomic mass is 10.1. The van der Waals surface area contributed by atoms with Crippen LogP contribution in [-0.2, 0) is 0 Å². The Kier molecular flexibility index (Phi) is 3.28. The molecule has 0 aliphatic rings. The van der Waals surface area contributed by atoms with Crippen LogP contribution in [0.25, 0.3) is 17.1 Å². The molecule has 3 rings (SSSR count). The molecule has 4 heteroatoms. The van der Waals surface area contributed by atoms with Crippen LogP contribution in [0.4, 0.5) is 0 Å². The first kappa shape index (κ1) is 12.9. The number of nitrogens with zero attached hydrogens (tertiary/aromatic N) is 3. The molecule has 0 unspecified atom stereocenters. The summed E-state index contributed by atoms with van der Waals surface area (Å²) >= 11 is 6.24. The van der Waals surface area contributed by atoms with E-state index in [2.05, 4.69) is 30.1 Å². The van der Waals surface area contributed by atoms with E-state index in [1.165, 1.54) is 11.1 Å². The fourth-order valence-corrected chi connectivity index (χ4v) is 2.44. The largest absolute Gasteiger partial charge is 0.265 e. The van der Waals surface area contributed by atoms with E-state index in [0.29, 0.717) is 5.28 Å². The highest BCUT2D eigenvalue weighted by Crippen LogP contribution is 2.27. The Morgan fingerprint density at radius 2 is 1.65 bits per heavy atom. The van der Waals surface area contributed by atoms with Gasteiger partial charge in [0.05, 0.1) is 5.69 Å². The van der Waals surface area contributed by atoms with Crippen LogP contribution >= 0.6 is 11.6 Å². The highest BCUT2D eigenvalue weighted by atomic mass is 35.5. The lowest BCUT2D eigenvalue weighted by Gasteiger charge is -2.12. The minimum atomic E-state index is 0.373. The highest BCUT2D eigenvalue weighted by Gasteiger charge is 2.15. The van der Waals surface area contributed by atoms with E-state index in [0.717, 1.165) is 17.1 Å². The van der Waals surface area contributed by atoms with Crippen LogP contribution in [0.2, 0.25) is 5.28 Å². The predicted octanol–water partition coefficient (Wildman–Crippen LogP) is 4.20. The van der Waals surface area contributed by atoms with Crippen molar-refractivity contribution in [1.82, 2.24) is 14.8 Å². The Morgan fingerprint density at radius 3 is 2.40 bits per heavy atom. The first-order valence-corrected chi connectivity index (χ1v) is 6.79. The van der Waals surface area contributed by atoms with E-state index >= 15 is 0 Å². The zero-order valence-electron chi connectivity index (χ0n) is 11.3. The molecule has 0 radical (unpaired) electrons. The number of hydrogen-bond acceptors (Lipinski definition) is 2. The van der Waals surface area contributed by atoms with Crippen molar-refractivity contribution >= 4 is 11.6 Å². The van der Waals surface area contributed by atoms with Gasteiger partial charge in [0.1, 0.15) is 0 Å². The van der Waals surface area contributed by atoms with Crippen LogP contribution < -0.4 is 0 Å². The maximum Gasteiger partial charge on any atom is 0.229 e. The average Bonchev–Trinajstić information content (AvgIpc) is 2.85. The number of rotatable bonds is 2. The Labute approximate surface area is 122 Å². The molecule has 0 saturated heterocycles. The van der Waals surface area contributed by atoms with Gasteiger partial charge >= 0.3 is 0 Å². The van der Waals surface area contributed by atoms with Crippen molar-refractivity contribution < 1.29 is 0 Å². The van der Waals surface area contributed by atoms with Crippen molar-refractivity contribution in [2.24, 2.45) is 0 Å². The Hall–Kier alpha value is -2.13. The summed E-state index contributed by atoms with van der Waals surface area (Å²) in [5, 5.41) is 8.61. The smallest absolute Gasteiger partial charge is 0.229 e. The standard InChI is InChI=1S/C16H14ClN3/c1-11-7-6-10-14(12(11)2)20-15(18-19-16(20)17)13-8-4-3-5-9-13/h3-10H,1-2H3. The van der Waals surface area contributed by atoms with Gasteiger partial charge in [0.15, 0.2) is 5.82 Å². The molecule has 0 aliphatic heterocycles. The first-order chi connectivity index (χ1) is 9.68. The van der Waals surface area contributed by atoms with E-state index in [4.69, 9.17) is 11.6 Å². The Bertz CT molecular complexity index is 748. The molecule has 0 spiro atoms. The minimum absolute atomic E-state index is 0.373. The summed E-state index contributed by atoms with van der Waals surface area (Å²) in [7, 11) is 0. The number of hydrogen-bond donors (Lipinski definition) is 0. The summed E-state index contributed by atoms with van der Waals surface area (Å²) in [4.78, 5) is 0. The molecule has 100 valence electrons. The number of aryl methyl sites for hydroxylation is 1. The second kappa shape index (κ2) is 5.10. The quantitative estimate of drug-likeness (QED) is 0.705. The molecule has 20 heavy (non-hydrogen) atoms. The fourth-order valence-electron chi connectivity index (χ4n) is 2.23. The molecule has 2 aromatic carbocycles. The van der Waals surface area contributed by atoms with Crippen LogP contribution in [0.3, 0.4) is 0 Å². The van der Waals surface area contributed by atoms with Crippen molar-refractivity contribution in [3.8, 4) is 17.1 Å². The zero-order valence-corrected chi connectivity index (χ0v) is 12.1. The Morgan fingerprint density at radius 1 is 0.900 bits per heavy atom. The third kappa shape index (κ3) is 2.10. The number of aromatic nitrogens is 3. The zero-order chi connectivity index (χ0) is 14.1. The molecule has 0 N–H and O–H groups in total. The summed E-state index contributed by atoms with van der Waals surface area (Å²) in [5.74, 6) is 0.754. The van der Waals surface area contributed by atoms with Crippen LogP contribution in [0.15, 0.2) is 48.5 Å². The molecule has 0 bridgehead atoms. The Balaban J connectivity index is 2.25. The molecule has 0 amide bonds. The van der Waals surface area contributed by atoms with Crippen LogP contribution in [0.5, 0.6) is 0 Å². The molecule has 1 aromatic heterocycles. The topological polar surface area (TPSA) is 30.7 Å². The van der Waals surface area contributed by atoms with Gasteiger partial charge in [-0.05, 0) is 42.6 Å². The minimum Gasteiger partial charge on any atom is -0.265 e. The molecule has 0 aliphatic carbocycles. The average molecular weight is 284 g/mol. The van der Waals surface area contributed by atoms with Gasteiger partial charge in [0.2, 0.25) is 5.28 Å². The summed E-state index contributed by atoms with van der Waals surface area (Å²) in [6.45, 7) is 4.16. The van der Waals surface area contributed by atoms with Crippen molar-refractivity contribution in [2.45, 2.75) is 13.8 Å². The number of halogens is 1. The molecular formula is C16H14ClN3. The maximum absolute atomic E-state index is 6.24. The van der Waals surface area contributed by atoms with E-state index in [9.17, 15) is 0 Å². The van der Waals surface area contributed by atoms with E-state index in [1.54, 1.807) is 0 Å². The lowest BCUT2D eigenvalue weighted by molar-refractivity contribution is 1.04. The van der Waals surface area contributed by atoms with E-state index in [-0.39, 0.29) is 0 Å². The SMILES string of the molecule is Cc1cccc(-n2c(Cl)nnc2-c2ccccc2)c1C. The summed E-state index contributed by atoms with van der Waals surface area (Å²) in [6, 6.07) is 16.1. The molecule has 0 atom stereocenters. The second-order valence-electron chi connectivity index (χ2n) is 4.71. The van der Waals surface area contributed by atoms with Gasteiger partial charge in [0.25, 0.3) is 0 Å². The van der Waals surface area contributed by atoms with Gasteiger partial charge < -0.3 is 0 Å². The highest BCUT2D eigenvalue weighted by molar-refractivity contribution is 6.28. The van der Waals surface area contributed by atoms with E-state index in [1.807, 2.05) is 47.0 Å². The molecule has 0 fully saturated rings. The van der Waals surface area contributed by atoms with Crippen molar-refractivity contribution in [3.63, 3.8) is 0 Å². The van der Waals surface area contributed by atoms with Crippen LogP contribution in [0, 0.1) is 13.8 Å². The first-order valence-electron chi connectivity index (χ1n) is 6.41. The number of benzene rings is 2. The van der Waals surface area contributed by atoms with Crippen LogP contribution in [0.1, 0.15) is 11.1 Å². The van der Waals surface area contributed by atoms with Gasteiger partial charge in [0, 0.05) is 5.56 Å². The van der Waals surface area contributed by atoms with E-state index < -0.39 is 0 Å². The monoisotopic (exact) mass is 283 g/mol. The normalized spacial score (nSPS) is 10.8. The summed E-state index contributed by atoms with van der Waals surface area (Å²) in [6.07, 6.45) is 0. The third-order valence-corrected chi connectivity index (χ3v) is 3.72. The van der Waals surface area contributed by atoms with Crippen molar-refractivity contribution in [1.29, 1.82) is 0 Å². The molecule has 3 nitrogen and oxygen atoms in total. The van der Waals surface area contributed by atoms with Crippen molar-refractivity contribution in [2.75, 3.05) is 0 Å². The summed E-state index contributed by atoms with van der Waals surface area (Å²) in [5.41, 5.74) is 4.39. The maximum atomic E-state index is 6.24. The van der Waals surface area contributed by atoms with Crippen LogP contribution in [-0.4, -0.2) is 14.8 Å². The molecule has 0 saturated carbocycles. The van der Waals surface area contributed by atoms with Gasteiger partial charge in [-0.3, -0.25) is 4.57 Å². The van der Waals surface area contributed by atoms with Crippen molar-refractivity contribution in [3.05, 3.63) is 64.9 Å². The second-order valence-corrected chi connectivity index (χ2v) is 5.05. The predicted molar refractivity (Wildman–Crippen MR) is 81.3 cm³/mol. The molecular weight excluding hydrogens is 270 g/mol. The van der Waals surface area contributed by atoms with Gasteiger partial charge in [-0.2, -0.15) is 0 Å². The fraction of sp³-hybridized carbons (Fsp3) is 0.125. The lowest BCUT2D eigenvalue weighted by Crippen LogP contribution is -2.01. The van der Waals surface area contributed by atoms with Gasteiger partial charge in [-0.1, -0.05) is 42.5 Å². The summed E-state index contributed by atoms with van der Waals surface area (Å²) < 4.78 is 1.89. The third-order valence-electron chi connectivity index (χ3n) is 3.47.